The van der Waals surface area contributed by atoms with Crippen LogP contribution < -0.4 is 15.7 Å². The number of fused-ring (bicyclic) bond motifs is 2. The molecule has 2 fully saturated rings. The topological polar surface area (TPSA) is 109 Å². The van der Waals surface area contributed by atoms with Crippen LogP contribution in [0.4, 0.5) is 9.59 Å². The number of para-hydroxylation sites is 2. The minimum atomic E-state index is -0.611. The maximum Gasteiger partial charge on any atom is 0.497 e. The molecular formula is C42H62B2N2O9. The first kappa shape index (κ1) is 44.0. The quantitative estimate of drug-likeness (QED) is 0.189. The van der Waals surface area contributed by atoms with E-state index in [1.165, 1.54) is 4.57 Å². The lowest BCUT2D eigenvalue weighted by Gasteiger charge is -2.32. The smallest absolute Gasteiger partial charge is 0.495 e. The van der Waals surface area contributed by atoms with Crippen LogP contribution in [0.3, 0.4) is 0 Å². The summed E-state index contributed by atoms with van der Waals surface area (Å²) in [6.07, 6.45) is 0.859. The van der Waals surface area contributed by atoms with Gasteiger partial charge in [0.05, 0.1) is 35.0 Å². The second-order valence-corrected chi connectivity index (χ2v) is 17.8. The molecule has 6 rings (SSSR count). The molecule has 2 saturated heterocycles. The van der Waals surface area contributed by atoms with Crippen molar-refractivity contribution in [1.29, 1.82) is 0 Å². The average molecular weight is 761 g/mol. The molecule has 0 amide bonds. The monoisotopic (exact) mass is 760 g/mol. The van der Waals surface area contributed by atoms with Gasteiger partial charge >= 0.3 is 26.4 Å². The SMILES string of the molecule is CC.COc1cccc2c(B3OC(C)(C)C(C)(C)O3)cn(C(=O)OC(C)(C)C)c12.Cc1c(B2OC(C)(C)C(C)(C)O2)c2ccccc2n1C(=O)OC(C)(C)C. The number of rotatable bonds is 3. The third-order valence-electron chi connectivity index (χ3n) is 10.4. The predicted octanol–water partition coefficient (Wildman–Crippen LogP) is 8.79. The van der Waals surface area contributed by atoms with E-state index in [4.69, 9.17) is 32.8 Å². The molecule has 4 heterocycles. The molecule has 0 radical (unpaired) electrons. The first-order chi connectivity index (χ1) is 25.2. The molecule has 0 atom stereocenters. The predicted molar refractivity (Wildman–Crippen MR) is 221 cm³/mol. The van der Waals surface area contributed by atoms with Crippen LogP contribution in [0.1, 0.15) is 116 Å². The Morgan fingerprint density at radius 1 is 0.655 bits per heavy atom. The second kappa shape index (κ2) is 15.3. The molecule has 0 unspecified atom stereocenters. The summed E-state index contributed by atoms with van der Waals surface area (Å²) in [5, 5.41) is 1.77. The molecular weight excluding hydrogens is 698 g/mol. The zero-order valence-corrected chi connectivity index (χ0v) is 36.3. The summed E-state index contributed by atoms with van der Waals surface area (Å²) in [6.45, 7) is 33.1. The highest BCUT2D eigenvalue weighted by Crippen LogP contribution is 2.39. The van der Waals surface area contributed by atoms with E-state index in [9.17, 15) is 9.59 Å². The molecule has 300 valence electrons. The molecule has 4 aromatic rings. The largest absolute Gasteiger partial charge is 0.497 e. The number of hydrogen-bond donors (Lipinski definition) is 0. The van der Waals surface area contributed by atoms with E-state index in [2.05, 4.69) is 0 Å². The van der Waals surface area contributed by atoms with Crippen LogP contribution in [0.2, 0.25) is 0 Å². The van der Waals surface area contributed by atoms with E-state index in [0.717, 1.165) is 32.9 Å². The van der Waals surface area contributed by atoms with Crippen molar-refractivity contribution in [1.82, 2.24) is 9.13 Å². The van der Waals surface area contributed by atoms with Crippen LogP contribution in [0.25, 0.3) is 21.8 Å². The van der Waals surface area contributed by atoms with Gasteiger partial charge in [-0.05, 0) is 116 Å². The Kier molecular flexibility index (Phi) is 12.2. The van der Waals surface area contributed by atoms with Crippen LogP contribution in [0, 0.1) is 6.92 Å². The molecule has 13 heteroatoms. The zero-order chi connectivity index (χ0) is 41.7. The number of ether oxygens (including phenoxy) is 3. The lowest BCUT2D eigenvalue weighted by atomic mass is 9.77. The van der Waals surface area contributed by atoms with Gasteiger partial charge in [0.25, 0.3) is 0 Å². The van der Waals surface area contributed by atoms with Crippen molar-refractivity contribution in [3.63, 3.8) is 0 Å². The van der Waals surface area contributed by atoms with E-state index in [1.54, 1.807) is 17.9 Å². The fourth-order valence-electron chi connectivity index (χ4n) is 6.25. The molecule has 2 aliphatic heterocycles. The Morgan fingerprint density at radius 2 is 1.11 bits per heavy atom. The maximum atomic E-state index is 12.8. The highest BCUT2D eigenvalue weighted by atomic mass is 16.7. The number of methoxy groups -OCH3 is 1. The number of carbonyl (C=O) groups is 2. The fraction of sp³-hybridized carbons (Fsp3) is 0.571. The van der Waals surface area contributed by atoms with Crippen molar-refractivity contribution in [2.75, 3.05) is 7.11 Å². The van der Waals surface area contributed by atoms with Gasteiger partial charge in [-0.2, -0.15) is 0 Å². The Balaban J connectivity index is 0.000000234. The van der Waals surface area contributed by atoms with Crippen molar-refractivity contribution < 1.29 is 42.4 Å². The van der Waals surface area contributed by atoms with Crippen molar-refractivity contribution in [2.45, 2.75) is 151 Å². The number of hydrogen-bond acceptors (Lipinski definition) is 9. The van der Waals surface area contributed by atoms with Crippen LogP contribution in [0.5, 0.6) is 5.75 Å². The van der Waals surface area contributed by atoms with E-state index < -0.39 is 60.0 Å². The van der Waals surface area contributed by atoms with Gasteiger partial charge in [-0.15, -0.1) is 0 Å². The lowest BCUT2D eigenvalue weighted by molar-refractivity contribution is 0.00578. The first-order valence-electron chi connectivity index (χ1n) is 19.2. The molecule has 55 heavy (non-hydrogen) atoms. The number of benzene rings is 2. The minimum Gasteiger partial charge on any atom is -0.495 e. The second-order valence-electron chi connectivity index (χ2n) is 17.8. The van der Waals surface area contributed by atoms with E-state index in [-0.39, 0.29) is 0 Å². The van der Waals surface area contributed by atoms with Gasteiger partial charge in [0.1, 0.15) is 22.5 Å². The summed E-state index contributed by atoms with van der Waals surface area (Å²) in [6, 6.07) is 13.4. The molecule has 11 nitrogen and oxygen atoms in total. The maximum absolute atomic E-state index is 12.8. The fourth-order valence-corrected chi connectivity index (χ4v) is 6.25. The number of nitrogens with zero attached hydrogens (tertiary/aromatic N) is 2. The summed E-state index contributed by atoms with van der Waals surface area (Å²) < 4.78 is 44.7. The van der Waals surface area contributed by atoms with Gasteiger partial charge in [-0.1, -0.05) is 44.2 Å². The van der Waals surface area contributed by atoms with Gasteiger partial charge in [0.2, 0.25) is 0 Å². The summed E-state index contributed by atoms with van der Waals surface area (Å²) in [7, 11) is 0.456. The van der Waals surface area contributed by atoms with E-state index in [0.29, 0.717) is 11.3 Å². The Bertz CT molecular complexity index is 2000. The molecule has 2 aliphatic rings. The number of carbonyl (C=O) groups excluding carboxylic acids is 2. The highest BCUT2D eigenvalue weighted by molar-refractivity contribution is 6.66. The van der Waals surface area contributed by atoms with Gasteiger partial charge in [-0.3, -0.25) is 4.57 Å². The summed E-state index contributed by atoms with van der Waals surface area (Å²) >= 11 is 0. The Hall–Kier alpha value is -3.77. The minimum absolute atomic E-state index is 0.394. The third-order valence-corrected chi connectivity index (χ3v) is 10.4. The molecule has 0 N–H and O–H groups in total. The molecule has 2 aromatic heterocycles. The average Bonchev–Trinajstić information content (AvgIpc) is 3.71. The first-order valence-corrected chi connectivity index (χ1v) is 19.2. The zero-order valence-electron chi connectivity index (χ0n) is 36.3. The Morgan fingerprint density at radius 3 is 1.60 bits per heavy atom. The van der Waals surface area contributed by atoms with Gasteiger partial charge in [0.15, 0.2) is 0 Å². The van der Waals surface area contributed by atoms with Crippen molar-refractivity contribution >= 4 is 59.2 Å². The summed E-state index contributed by atoms with van der Waals surface area (Å²) in [4.78, 5) is 25.7. The highest BCUT2D eigenvalue weighted by Gasteiger charge is 2.54. The van der Waals surface area contributed by atoms with Gasteiger partial charge in [-0.25, -0.2) is 14.2 Å². The molecule has 0 aliphatic carbocycles. The summed E-state index contributed by atoms with van der Waals surface area (Å²) in [5.41, 5.74) is 0.839. The molecule has 0 spiro atoms. The van der Waals surface area contributed by atoms with Crippen LogP contribution in [0.15, 0.2) is 48.7 Å². The molecule has 0 bridgehead atoms. The van der Waals surface area contributed by atoms with Crippen LogP contribution >= 0.6 is 0 Å². The van der Waals surface area contributed by atoms with Crippen molar-refractivity contribution in [3.8, 4) is 5.75 Å². The lowest BCUT2D eigenvalue weighted by Crippen LogP contribution is -2.41. The van der Waals surface area contributed by atoms with Crippen LogP contribution in [-0.2, 0) is 28.1 Å². The molecule has 0 saturated carbocycles. The van der Waals surface area contributed by atoms with Crippen molar-refractivity contribution in [3.05, 3.63) is 54.4 Å². The Labute approximate surface area is 328 Å². The summed E-state index contributed by atoms with van der Waals surface area (Å²) in [5.74, 6) is 0.584. The van der Waals surface area contributed by atoms with Gasteiger partial charge in [0, 0.05) is 33.6 Å². The normalized spacial score (nSPS) is 18.4. The van der Waals surface area contributed by atoms with E-state index >= 15 is 0 Å². The third kappa shape index (κ3) is 8.80. The van der Waals surface area contributed by atoms with Crippen LogP contribution in [-0.4, -0.2) is 76.3 Å². The molecule has 2 aromatic carbocycles. The van der Waals surface area contributed by atoms with E-state index in [1.807, 2.05) is 160 Å². The standard InChI is InChI=1S/C20H28BNO5.C20H28BNO4.C2H6/c1-18(2,3)25-17(23)22-12-14(13-10-9-11-15(24-8)16(13)22)21-26-19(4,5)20(6,7)27-21;1-13-16(21-25-19(5,6)20(7,8)26-21)14-11-9-10-12-15(14)22(13)17(23)24-18(2,3)4;1-2/h9-12H,1-8H3;9-12H,1-8H3;1-2H3. The number of aromatic nitrogens is 2. The van der Waals surface area contributed by atoms with Gasteiger partial charge < -0.3 is 32.8 Å². The van der Waals surface area contributed by atoms with Crippen molar-refractivity contribution in [2.24, 2.45) is 0 Å².